The van der Waals surface area contributed by atoms with Gasteiger partial charge in [-0.15, -0.1) is 0 Å². The van der Waals surface area contributed by atoms with Crippen molar-refractivity contribution in [2.24, 2.45) is 0 Å². The van der Waals surface area contributed by atoms with Crippen molar-refractivity contribution in [3.05, 3.63) is 57.0 Å². The van der Waals surface area contributed by atoms with Gasteiger partial charge in [-0.1, -0.05) is 0 Å². The summed E-state index contributed by atoms with van der Waals surface area (Å²) in [6, 6.07) is 8.63. The van der Waals surface area contributed by atoms with Crippen LogP contribution in [0.4, 0.5) is 13.6 Å². The zero-order chi connectivity index (χ0) is 23.2. The Bertz CT molecular complexity index is 898. The number of phenolic OH excluding ortho intramolecular Hbond substituents is 1. The van der Waals surface area contributed by atoms with Crippen LogP contribution in [0.25, 0.3) is 0 Å². The predicted molar refractivity (Wildman–Crippen MR) is 121 cm³/mol. The molecule has 1 amide bonds. The molecule has 5 nitrogen and oxygen atoms in total. The summed E-state index contributed by atoms with van der Waals surface area (Å²) in [7, 11) is 0. The second-order valence-corrected chi connectivity index (χ2v) is 9.67. The maximum absolute atomic E-state index is 13.5. The average molecular weight is 565 g/mol. The first kappa shape index (κ1) is 25.4. The fourth-order valence-corrected chi connectivity index (χ4v) is 3.20. The predicted octanol–water partition coefficient (Wildman–Crippen LogP) is 6.66. The van der Waals surface area contributed by atoms with E-state index in [1.807, 2.05) is 20.8 Å². The van der Waals surface area contributed by atoms with E-state index in [1.54, 1.807) is 17.0 Å². The third kappa shape index (κ3) is 8.65. The number of phenols is 1. The molecule has 0 unspecified atom stereocenters. The van der Waals surface area contributed by atoms with Crippen LogP contribution >= 0.6 is 31.9 Å². The van der Waals surface area contributed by atoms with Gasteiger partial charge in [-0.05, 0) is 76.9 Å². The van der Waals surface area contributed by atoms with E-state index in [-0.39, 0.29) is 23.8 Å². The molecule has 0 aliphatic carbocycles. The first-order chi connectivity index (χ1) is 14.4. The summed E-state index contributed by atoms with van der Waals surface area (Å²) < 4.78 is 37.7. The molecule has 0 atom stereocenters. The fraction of sp³-hybridized carbons (Fsp3) is 0.409. The lowest BCUT2D eigenvalue weighted by atomic mass is 10.1. The molecule has 2 aromatic rings. The minimum atomic E-state index is -0.487. The van der Waals surface area contributed by atoms with Crippen LogP contribution in [0.15, 0.2) is 45.3 Å². The van der Waals surface area contributed by atoms with Gasteiger partial charge in [-0.25, -0.2) is 13.6 Å². The number of rotatable bonds is 2. The molecule has 0 radical (unpaired) electrons. The van der Waals surface area contributed by atoms with Crippen molar-refractivity contribution in [2.45, 2.75) is 45.3 Å². The van der Waals surface area contributed by atoms with Gasteiger partial charge in [0.25, 0.3) is 0 Å². The van der Waals surface area contributed by atoms with Crippen LogP contribution in [0.1, 0.15) is 33.6 Å². The fourth-order valence-electron chi connectivity index (χ4n) is 2.71. The van der Waals surface area contributed by atoms with Crippen LogP contribution in [0.5, 0.6) is 11.5 Å². The molecule has 1 aliphatic heterocycles. The Hall–Kier alpha value is -1.87. The van der Waals surface area contributed by atoms with E-state index < -0.39 is 11.4 Å². The van der Waals surface area contributed by atoms with E-state index in [1.165, 1.54) is 18.2 Å². The van der Waals surface area contributed by atoms with E-state index in [0.29, 0.717) is 40.6 Å². The van der Waals surface area contributed by atoms with Crippen molar-refractivity contribution in [2.75, 3.05) is 13.1 Å². The number of nitrogens with zero attached hydrogens (tertiary/aromatic N) is 1. The minimum Gasteiger partial charge on any atom is -0.508 e. The van der Waals surface area contributed by atoms with Crippen molar-refractivity contribution in [3.63, 3.8) is 0 Å². The van der Waals surface area contributed by atoms with Gasteiger partial charge in [0.15, 0.2) is 0 Å². The van der Waals surface area contributed by atoms with Crippen molar-refractivity contribution in [3.8, 4) is 11.5 Å². The molecule has 31 heavy (non-hydrogen) atoms. The summed E-state index contributed by atoms with van der Waals surface area (Å²) >= 11 is 6.06. The van der Waals surface area contributed by atoms with E-state index in [9.17, 15) is 13.6 Å². The van der Waals surface area contributed by atoms with Crippen LogP contribution in [-0.4, -0.2) is 40.9 Å². The highest BCUT2D eigenvalue weighted by molar-refractivity contribution is 9.10. The van der Waals surface area contributed by atoms with Crippen LogP contribution < -0.4 is 4.74 Å². The summed E-state index contributed by atoms with van der Waals surface area (Å²) in [6.45, 7) is 6.71. The van der Waals surface area contributed by atoms with Gasteiger partial charge in [0.05, 0.1) is 8.95 Å². The van der Waals surface area contributed by atoms with Crippen LogP contribution in [0.3, 0.4) is 0 Å². The van der Waals surface area contributed by atoms with E-state index >= 15 is 0 Å². The second kappa shape index (κ2) is 11.1. The number of hydrogen-bond donors (Lipinski definition) is 1. The van der Waals surface area contributed by atoms with E-state index in [0.717, 1.165) is 6.07 Å². The lowest BCUT2D eigenvalue weighted by molar-refractivity contribution is 0.0126. The van der Waals surface area contributed by atoms with Gasteiger partial charge >= 0.3 is 6.09 Å². The van der Waals surface area contributed by atoms with Crippen LogP contribution in [0.2, 0.25) is 0 Å². The third-order valence-corrected chi connectivity index (χ3v) is 5.48. The lowest BCUT2D eigenvalue weighted by Gasteiger charge is -2.33. The van der Waals surface area contributed by atoms with Gasteiger partial charge in [-0.3, -0.25) is 0 Å². The zero-order valence-electron chi connectivity index (χ0n) is 17.5. The molecule has 0 saturated carbocycles. The second-order valence-electron chi connectivity index (χ2n) is 7.96. The molecule has 2 aromatic carbocycles. The third-order valence-electron chi connectivity index (χ3n) is 4.19. The minimum absolute atomic E-state index is 0.0146. The van der Waals surface area contributed by atoms with Crippen molar-refractivity contribution in [1.82, 2.24) is 4.90 Å². The summed E-state index contributed by atoms with van der Waals surface area (Å²) in [5.41, 5.74) is -0.487. The number of amides is 1. The molecule has 9 heteroatoms. The number of halogens is 4. The number of piperidine rings is 1. The average Bonchev–Trinajstić information content (AvgIpc) is 2.68. The molecule has 170 valence electrons. The first-order valence-electron chi connectivity index (χ1n) is 9.68. The highest BCUT2D eigenvalue weighted by atomic mass is 79.9. The number of carbonyl (C=O) groups excluding carboxylic acids is 1. The summed E-state index contributed by atoms with van der Waals surface area (Å²) in [6.07, 6.45) is 1.10. The number of hydrogen-bond acceptors (Lipinski definition) is 4. The standard InChI is InChI=1S/C16H21BrFNO3.C6H4BrFO/c1-16(2,3)22-15(20)19-8-6-11(7-9-19)21-12-4-5-13(17)14(18)10-12;7-5-2-1-4(9)3-6(5)8/h4-5,10-11H,6-9H2,1-3H3;1-3,9H. The number of likely N-dealkylation sites (tertiary alicyclic amines) is 1. The van der Waals surface area contributed by atoms with Gasteiger partial charge < -0.3 is 19.5 Å². The maximum atomic E-state index is 13.5. The number of aromatic hydroxyl groups is 1. The monoisotopic (exact) mass is 563 g/mol. The lowest BCUT2D eigenvalue weighted by Crippen LogP contribution is -2.44. The van der Waals surface area contributed by atoms with Crippen molar-refractivity contribution < 1.29 is 28.2 Å². The van der Waals surface area contributed by atoms with Gasteiger partial charge in [-0.2, -0.15) is 0 Å². The highest BCUT2D eigenvalue weighted by Crippen LogP contribution is 2.24. The molecule has 1 fully saturated rings. The Morgan fingerprint density at radius 2 is 1.58 bits per heavy atom. The van der Waals surface area contributed by atoms with E-state index in [2.05, 4.69) is 31.9 Å². The molecule has 0 aromatic heterocycles. The van der Waals surface area contributed by atoms with Gasteiger partial charge in [0, 0.05) is 38.1 Å². The first-order valence-corrected chi connectivity index (χ1v) is 11.3. The molecular weight excluding hydrogens is 540 g/mol. The van der Waals surface area contributed by atoms with Crippen molar-refractivity contribution >= 4 is 38.0 Å². The Morgan fingerprint density at radius 3 is 2.06 bits per heavy atom. The Kier molecular flexibility index (Phi) is 9.12. The molecule has 0 bridgehead atoms. The van der Waals surface area contributed by atoms with Gasteiger partial charge in [0.2, 0.25) is 0 Å². The molecular formula is C22H25Br2F2NO4. The Balaban J connectivity index is 0.000000316. The molecule has 1 heterocycles. The molecule has 1 N–H and O–H groups in total. The highest BCUT2D eigenvalue weighted by Gasteiger charge is 2.27. The number of benzene rings is 2. The summed E-state index contributed by atoms with van der Waals surface area (Å²) in [5, 5.41) is 8.68. The number of carbonyl (C=O) groups is 1. The summed E-state index contributed by atoms with van der Waals surface area (Å²) in [5.74, 6) is -0.342. The molecule has 1 saturated heterocycles. The van der Waals surface area contributed by atoms with Crippen LogP contribution in [-0.2, 0) is 4.74 Å². The van der Waals surface area contributed by atoms with Crippen molar-refractivity contribution in [1.29, 1.82) is 0 Å². The quantitative estimate of drug-likeness (QED) is 0.443. The largest absolute Gasteiger partial charge is 0.508 e. The van der Waals surface area contributed by atoms with Gasteiger partial charge in [0.1, 0.15) is 34.8 Å². The smallest absolute Gasteiger partial charge is 0.410 e. The normalized spacial score (nSPS) is 14.5. The Labute approximate surface area is 197 Å². The Morgan fingerprint density at radius 1 is 1.03 bits per heavy atom. The maximum Gasteiger partial charge on any atom is 0.410 e. The van der Waals surface area contributed by atoms with E-state index in [4.69, 9.17) is 14.6 Å². The topological polar surface area (TPSA) is 59.0 Å². The zero-order valence-corrected chi connectivity index (χ0v) is 20.7. The molecule has 1 aliphatic rings. The molecule has 0 spiro atoms. The number of ether oxygens (including phenoxy) is 2. The summed E-state index contributed by atoms with van der Waals surface area (Å²) in [4.78, 5) is 13.7. The molecule has 3 rings (SSSR count). The SMILES string of the molecule is CC(C)(C)OC(=O)N1CCC(Oc2ccc(Br)c(F)c2)CC1.Oc1ccc(Br)c(F)c1. The van der Waals surface area contributed by atoms with Crippen LogP contribution in [0, 0.1) is 11.6 Å².